The predicted molar refractivity (Wildman–Crippen MR) is 141 cm³/mol. The molecule has 0 bridgehead atoms. The highest BCUT2D eigenvalue weighted by Gasteiger charge is 2.47. The molecule has 1 N–H and O–H groups in total. The first kappa shape index (κ1) is 34.0. The van der Waals surface area contributed by atoms with Crippen LogP contribution in [0, 0.1) is 29.6 Å². The molecule has 0 saturated heterocycles. The van der Waals surface area contributed by atoms with Gasteiger partial charge in [0.25, 0.3) is 0 Å². The van der Waals surface area contributed by atoms with Crippen LogP contribution in [-0.4, -0.2) is 53.9 Å². The van der Waals surface area contributed by atoms with Gasteiger partial charge in [0.05, 0.1) is 18.4 Å². The zero-order valence-electron chi connectivity index (χ0n) is 21.7. The van der Waals surface area contributed by atoms with E-state index in [2.05, 4.69) is 5.92 Å². The van der Waals surface area contributed by atoms with Gasteiger partial charge < -0.3 is 19.0 Å². The number of carboxylic acids is 1. The highest BCUT2D eigenvalue weighted by Crippen LogP contribution is 2.37. The number of carbonyl (C=O) groups excluding carboxylic acids is 2. The summed E-state index contributed by atoms with van der Waals surface area (Å²) in [4.78, 5) is 37.8. The maximum atomic E-state index is 13.8. The summed E-state index contributed by atoms with van der Waals surface area (Å²) >= 11 is 16.9. The number of alkyl halides is 3. The molecule has 0 spiro atoms. The lowest BCUT2D eigenvalue weighted by atomic mass is 9.73. The van der Waals surface area contributed by atoms with Gasteiger partial charge in [0.1, 0.15) is 18.5 Å². The Morgan fingerprint density at radius 3 is 1.97 bits per heavy atom. The molecule has 0 unspecified atom stereocenters. The average Bonchev–Trinajstić information content (AvgIpc) is 2.77. The second kappa shape index (κ2) is 14.7. The number of aliphatic carboxylic acids is 1. The summed E-state index contributed by atoms with van der Waals surface area (Å²) in [5, 5.41) is 9.58. The van der Waals surface area contributed by atoms with Crippen molar-refractivity contribution in [1.82, 2.24) is 0 Å². The zero-order chi connectivity index (χ0) is 27.6. The van der Waals surface area contributed by atoms with Crippen LogP contribution in [0.2, 0.25) is 18.1 Å². The van der Waals surface area contributed by atoms with Crippen molar-refractivity contribution in [3.05, 3.63) is 0 Å². The minimum absolute atomic E-state index is 0.229. The summed E-state index contributed by atoms with van der Waals surface area (Å²) in [6.07, 6.45) is 2.47. The van der Waals surface area contributed by atoms with Crippen LogP contribution < -0.4 is 0 Å². The third-order valence-electron chi connectivity index (χ3n) is 6.62. The fourth-order valence-corrected chi connectivity index (χ4v) is 7.24. The molecule has 0 radical (unpaired) electrons. The Kier molecular flexibility index (Phi) is 14.3. The summed E-state index contributed by atoms with van der Waals surface area (Å²) in [7, 11) is -2.24. The quantitative estimate of drug-likeness (QED) is 0.101. The van der Waals surface area contributed by atoms with Crippen LogP contribution in [0.15, 0.2) is 0 Å². The van der Waals surface area contributed by atoms with Gasteiger partial charge in [-0.1, -0.05) is 83.3 Å². The SMILES string of the molecule is C#CC[C@H](C)[C@H](OC(=O)OCC(Cl)(Cl)Cl)[C@@H](C)C(=O)C(C)(C)[C@H](CC(=O)O)O[Si](CC)(CC)CC. The van der Waals surface area contributed by atoms with Crippen molar-refractivity contribution in [3.63, 3.8) is 0 Å². The minimum atomic E-state index is -2.24. The Morgan fingerprint density at radius 2 is 1.57 bits per heavy atom. The molecule has 0 aromatic heterocycles. The van der Waals surface area contributed by atoms with E-state index in [0.717, 1.165) is 18.1 Å². The highest BCUT2D eigenvalue weighted by molar-refractivity contribution is 6.73. The molecule has 11 heteroatoms. The van der Waals surface area contributed by atoms with Gasteiger partial charge in [-0.05, 0) is 18.1 Å². The average molecular weight is 574 g/mol. The standard InChI is InChI=1S/C24H39Cl3O7Si/c1-9-13-16(5)20(33-22(31)32-15-24(25,26)27)17(6)21(30)23(7,8)18(14-19(28)29)34-35(10-2,11-3)12-4/h1,16-18,20H,10-15H2,2-8H3,(H,28,29)/t16-,17+,18-,20-/m0/s1. The number of terminal acetylenes is 1. The number of hydrogen-bond donors (Lipinski definition) is 1. The van der Waals surface area contributed by atoms with E-state index in [1.54, 1.807) is 27.7 Å². The Labute approximate surface area is 225 Å². The number of ketones is 1. The normalized spacial score (nSPS) is 15.9. The Balaban J connectivity index is 6.03. The smallest absolute Gasteiger partial charge is 0.481 e. The van der Waals surface area contributed by atoms with Gasteiger partial charge >= 0.3 is 12.1 Å². The number of carbonyl (C=O) groups is 3. The Morgan fingerprint density at radius 1 is 1.06 bits per heavy atom. The molecule has 0 aliphatic heterocycles. The van der Waals surface area contributed by atoms with Gasteiger partial charge in [0.2, 0.25) is 3.79 Å². The van der Waals surface area contributed by atoms with E-state index in [1.807, 2.05) is 20.8 Å². The number of halogens is 3. The molecule has 0 saturated carbocycles. The van der Waals surface area contributed by atoms with Crippen LogP contribution in [-0.2, 0) is 23.5 Å². The number of Topliss-reactive ketones (excluding diaryl/α,β-unsaturated/α-hetero) is 1. The maximum absolute atomic E-state index is 13.8. The second-order valence-corrected chi connectivity index (χ2v) is 16.7. The van der Waals surface area contributed by atoms with Crippen molar-refractivity contribution >= 4 is 61.0 Å². The van der Waals surface area contributed by atoms with Crippen molar-refractivity contribution in [2.45, 2.75) is 95.4 Å². The molecule has 0 amide bonds. The van der Waals surface area contributed by atoms with Gasteiger partial charge in [-0.3, -0.25) is 9.59 Å². The van der Waals surface area contributed by atoms with Gasteiger partial charge in [-0.25, -0.2) is 4.79 Å². The summed E-state index contributed by atoms with van der Waals surface area (Å²) < 4.78 is 15.0. The first-order chi connectivity index (χ1) is 16.0. The van der Waals surface area contributed by atoms with Crippen LogP contribution in [0.25, 0.3) is 0 Å². The number of carboxylic acid groups (broad SMARTS) is 1. The summed E-state index contributed by atoms with van der Waals surface area (Å²) in [6.45, 7) is 12.3. The molecule has 0 rings (SSSR count). The lowest BCUT2D eigenvalue weighted by Crippen LogP contribution is -2.51. The van der Waals surface area contributed by atoms with E-state index in [4.69, 9.17) is 55.1 Å². The zero-order valence-corrected chi connectivity index (χ0v) is 24.9. The fraction of sp³-hybridized carbons (Fsp3) is 0.792. The van der Waals surface area contributed by atoms with E-state index in [-0.39, 0.29) is 18.6 Å². The predicted octanol–water partition coefficient (Wildman–Crippen LogP) is 6.63. The third kappa shape index (κ3) is 10.9. The molecule has 0 aromatic rings. The Hall–Kier alpha value is -0.983. The number of ether oxygens (including phenoxy) is 2. The van der Waals surface area contributed by atoms with Gasteiger partial charge in [0.15, 0.2) is 8.32 Å². The van der Waals surface area contributed by atoms with E-state index in [0.29, 0.717) is 0 Å². The summed E-state index contributed by atoms with van der Waals surface area (Å²) in [5.41, 5.74) is -1.19. The third-order valence-corrected chi connectivity index (χ3v) is 11.6. The topological polar surface area (TPSA) is 99.1 Å². The van der Waals surface area contributed by atoms with Crippen molar-refractivity contribution in [2.75, 3.05) is 6.61 Å². The molecular weight excluding hydrogens is 535 g/mol. The molecule has 202 valence electrons. The van der Waals surface area contributed by atoms with Crippen LogP contribution in [0.3, 0.4) is 0 Å². The lowest BCUT2D eigenvalue weighted by Gasteiger charge is -2.42. The van der Waals surface area contributed by atoms with E-state index < -0.39 is 60.3 Å². The van der Waals surface area contributed by atoms with Gasteiger partial charge in [-0.2, -0.15) is 0 Å². The minimum Gasteiger partial charge on any atom is -0.481 e. The van der Waals surface area contributed by atoms with Crippen LogP contribution >= 0.6 is 34.8 Å². The number of hydrogen-bond acceptors (Lipinski definition) is 6. The summed E-state index contributed by atoms with van der Waals surface area (Å²) in [6, 6.07) is 2.40. The van der Waals surface area contributed by atoms with Gasteiger partial charge in [0, 0.05) is 17.8 Å². The van der Waals surface area contributed by atoms with E-state index >= 15 is 0 Å². The first-order valence-corrected chi connectivity index (χ1v) is 15.4. The van der Waals surface area contributed by atoms with Crippen molar-refractivity contribution < 1.29 is 33.4 Å². The van der Waals surface area contributed by atoms with Crippen molar-refractivity contribution in [3.8, 4) is 12.3 Å². The first-order valence-electron chi connectivity index (χ1n) is 11.8. The Bertz CT molecular complexity index is 749. The molecule has 4 atom stereocenters. The van der Waals surface area contributed by atoms with Crippen molar-refractivity contribution in [1.29, 1.82) is 0 Å². The fourth-order valence-electron chi connectivity index (χ4n) is 4.10. The second-order valence-electron chi connectivity index (χ2n) is 9.44. The molecule has 0 aliphatic carbocycles. The van der Waals surface area contributed by atoms with Crippen LogP contribution in [0.1, 0.15) is 61.3 Å². The largest absolute Gasteiger partial charge is 0.508 e. The van der Waals surface area contributed by atoms with Crippen LogP contribution in [0.5, 0.6) is 0 Å². The lowest BCUT2D eigenvalue weighted by molar-refractivity contribution is -0.146. The molecule has 0 aliphatic rings. The molecule has 0 heterocycles. The summed E-state index contributed by atoms with van der Waals surface area (Å²) in [5.74, 6) is -0.0924. The maximum Gasteiger partial charge on any atom is 0.508 e. The molecule has 7 nitrogen and oxygen atoms in total. The molecule has 0 aromatic carbocycles. The van der Waals surface area contributed by atoms with Crippen molar-refractivity contribution in [2.24, 2.45) is 17.3 Å². The van der Waals surface area contributed by atoms with E-state index in [9.17, 15) is 19.5 Å². The highest BCUT2D eigenvalue weighted by atomic mass is 35.6. The molecule has 35 heavy (non-hydrogen) atoms. The monoisotopic (exact) mass is 572 g/mol. The molecule has 0 fully saturated rings. The number of rotatable bonds is 15. The molecular formula is C24H39Cl3O7Si. The van der Waals surface area contributed by atoms with Gasteiger partial charge in [-0.15, -0.1) is 12.3 Å². The van der Waals surface area contributed by atoms with E-state index in [1.165, 1.54) is 0 Å². The van der Waals surface area contributed by atoms with Crippen LogP contribution in [0.4, 0.5) is 4.79 Å².